The van der Waals surface area contributed by atoms with Crippen molar-refractivity contribution in [3.8, 4) is 0 Å². The van der Waals surface area contributed by atoms with Crippen molar-refractivity contribution in [2.45, 2.75) is 6.54 Å². The molecule has 1 aromatic carbocycles. The van der Waals surface area contributed by atoms with Crippen LogP contribution >= 0.6 is 0 Å². The number of carbonyl (C=O) groups excluding carboxylic acids is 1. The summed E-state index contributed by atoms with van der Waals surface area (Å²) in [5.41, 5.74) is 7.06. The fourth-order valence-electron chi connectivity index (χ4n) is 2.19. The lowest BCUT2D eigenvalue weighted by molar-refractivity contribution is -0.118. The van der Waals surface area contributed by atoms with Gasteiger partial charge >= 0.3 is 0 Å². The van der Waals surface area contributed by atoms with E-state index < -0.39 is 0 Å². The van der Waals surface area contributed by atoms with Gasteiger partial charge in [-0.2, -0.15) is 0 Å². The summed E-state index contributed by atoms with van der Waals surface area (Å²) in [6.45, 7) is 0.154. The van der Waals surface area contributed by atoms with Crippen molar-refractivity contribution in [1.82, 2.24) is 9.55 Å². The molecule has 0 saturated heterocycles. The van der Waals surface area contributed by atoms with E-state index >= 15 is 0 Å². The average molecular weight is 225 g/mol. The topological polar surface area (TPSA) is 60.9 Å². The number of aromatic nitrogens is 2. The normalized spacial score (nSPS) is 11.1. The number of carbonyl (C=O) groups is 1. The maximum absolute atomic E-state index is 11.1. The molecule has 2 aromatic heterocycles. The fourth-order valence-corrected chi connectivity index (χ4v) is 2.19. The molecule has 3 aromatic rings. The molecule has 0 unspecified atom stereocenters. The third-order valence-electron chi connectivity index (χ3n) is 2.84. The molecule has 4 nitrogen and oxygen atoms in total. The lowest BCUT2D eigenvalue weighted by Gasteiger charge is -2.02. The molecule has 0 fully saturated rings. The van der Waals surface area contributed by atoms with Crippen LogP contribution < -0.4 is 5.73 Å². The third-order valence-corrected chi connectivity index (χ3v) is 2.84. The van der Waals surface area contributed by atoms with Crippen molar-refractivity contribution in [3.63, 3.8) is 0 Å². The molecule has 0 bridgehead atoms. The molecule has 0 aliphatic rings. The molecular formula is C13H11N3O. The van der Waals surface area contributed by atoms with Gasteiger partial charge in [-0.15, -0.1) is 0 Å². The Labute approximate surface area is 97.7 Å². The predicted octanol–water partition coefficient (Wildman–Crippen LogP) is 1.67. The standard InChI is InChI=1S/C13H11N3O/c14-12(17)8-16-11-6-2-1-4-9(11)10-5-3-7-15-13(10)16/h1-7H,8H2,(H2,14,17). The van der Waals surface area contributed by atoms with Crippen molar-refractivity contribution < 1.29 is 4.79 Å². The van der Waals surface area contributed by atoms with Gasteiger partial charge in [0.15, 0.2) is 0 Å². The lowest BCUT2D eigenvalue weighted by atomic mass is 10.2. The number of hydrogen-bond donors (Lipinski definition) is 1. The Hall–Kier alpha value is -2.36. The van der Waals surface area contributed by atoms with Gasteiger partial charge in [-0.25, -0.2) is 4.98 Å². The minimum atomic E-state index is -0.363. The molecule has 1 amide bonds. The SMILES string of the molecule is NC(=O)Cn1c2ccccc2c2cccnc21. The highest BCUT2D eigenvalue weighted by molar-refractivity contribution is 6.07. The van der Waals surface area contributed by atoms with Gasteiger partial charge in [0.05, 0.1) is 5.52 Å². The highest BCUT2D eigenvalue weighted by atomic mass is 16.1. The van der Waals surface area contributed by atoms with Crippen molar-refractivity contribution in [2.75, 3.05) is 0 Å². The molecule has 84 valence electrons. The summed E-state index contributed by atoms with van der Waals surface area (Å²) < 4.78 is 1.85. The van der Waals surface area contributed by atoms with E-state index in [1.165, 1.54) is 0 Å². The van der Waals surface area contributed by atoms with E-state index in [0.717, 1.165) is 21.9 Å². The summed E-state index contributed by atoms with van der Waals surface area (Å²) in [5, 5.41) is 2.14. The molecule has 0 aliphatic carbocycles. The third kappa shape index (κ3) is 1.45. The van der Waals surface area contributed by atoms with Crippen LogP contribution in [0.1, 0.15) is 0 Å². The van der Waals surface area contributed by atoms with Crippen molar-refractivity contribution in [1.29, 1.82) is 0 Å². The maximum atomic E-state index is 11.1. The number of nitrogens with two attached hydrogens (primary N) is 1. The Morgan fingerprint density at radius 3 is 2.76 bits per heavy atom. The van der Waals surface area contributed by atoms with Crippen LogP contribution in [-0.4, -0.2) is 15.5 Å². The van der Waals surface area contributed by atoms with Crippen LogP contribution in [0, 0.1) is 0 Å². The molecule has 0 aliphatic heterocycles. The molecule has 3 rings (SSSR count). The number of benzene rings is 1. The van der Waals surface area contributed by atoms with E-state index in [1.54, 1.807) is 6.20 Å². The molecule has 2 heterocycles. The zero-order chi connectivity index (χ0) is 11.8. The second kappa shape index (κ2) is 3.59. The first-order chi connectivity index (χ1) is 8.27. The monoisotopic (exact) mass is 225 g/mol. The van der Waals surface area contributed by atoms with Crippen molar-refractivity contribution >= 4 is 27.8 Å². The van der Waals surface area contributed by atoms with Gasteiger partial charge < -0.3 is 10.3 Å². The zero-order valence-electron chi connectivity index (χ0n) is 9.13. The van der Waals surface area contributed by atoms with Gasteiger partial charge in [-0.1, -0.05) is 18.2 Å². The molecule has 0 saturated carbocycles. The van der Waals surface area contributed by atoms with Gasteiger partial charge in [0.25, 0.3) is 0 Å². The van der Waals surface area contributed by atoms with Crippen LogP contribution in [0.5, 0.6) is 0 Å². The number of para-hydroxylation sites is 1. The van der Waals surface area contributed by atoms with Gasteiger partial charge in [0, 0.05) is 17.0 Å². The summed E-state index contributed by atoms with van der Waals surface area (Å²) in [4.78, 5) is 15.5. The van der Waals surface area contributed by atoms with Crippen LogP contribution in [-0.2, 0) is 11.3 Å². The number of fused-ring (bicyclic) bond motifs is 3. The number of nitrogens with zero attached hydrogens (tertiary/aromatic N) is 2. The van der Waals surface area contributed by atoms with E-state index in [0.29, 0.717) is 0 Å². The van der Waals surface area contributed by atoms with Crippen LogP contribution in [0.25, 0.3) is 21.9 Å². The van der Waals surface area contributed by atoms with Gasteiger partial charge in [0.2, 0.25) is 5.91 Å². The summed E-state index contributed by atoms with van der Waals surface area (Å²) in [5.74, 6) is -0.363. The van der Waals surface area contributed by atoms with Crippen LogP contribution in [0.4, 0.5) is 0 Å². The molecule has 2 N–H and O–H groups in total. The van der Waals surface area contributed by atoms with E-state index in [2.05, 4.69) is 4.98 Å². The highest BCUT2D eigenvalue weighted by Crippen LogP contribution is 2.26. The summed E-state index contributed by atoms with van der Waals surface area (Å²) in [6, 6.07) is 11.8. The molecule has 0 radical (unpaired) electrons. The second-order valence-corrected chi connectivity index (χ2v) is 3.94. The molecule has 0 spiro atoms. The number of rotatable bonds is 2. The van der Waals surface area contributed by atoms with Crippen LogP contribution in [0.3, 0.4) is 0 Å². The first-order valence-electron chi connectivity index (χ1n) is 5.37. The van der Waals surface area contributed by atoms with Gasteiger partial charge in [-0.3, -0.25) is 4.79 Å². The second-order valence-electron chi connectivity index (χ2n) is 3.94. The van der Waals surface area contributed by atoms with Crippen LogP contribution in [0.2, 0.25) is 0 Å². The quantitative estimate of drug-likeness (QED) is 0.721. The highest BCUT2D eigenvalue weighted by Gasteiger charge is 2.11. The summed E-state index contributed by atoms with van der Waals surface area (Å²) >= 11 is 0. The smallest absolute Gasteiger partial charge is 0.237 e. The Bertz CT molecular complexity index is 662. The number of amides is 1. The zero-order valence-corrected chi connectivity index (χ0v) is 9.13. The largest absolute Gasteiger partial charge is 0.368 e. The predicted molar refractivity (Wildman–Crippen MR) is 66.4 cm³/mol. The summed E-state index contributed by atoms with van der Waals surface area (Å²) in [7, 11) is 0. The first kappa shape index (κ1) is 9.84. The average Bonchev–Trinajstić information content (AvgIpc) is 2.65. The first-order valence-corrected chi connectivity index (χ1v) is 5.37. The fraction of sp³-hybridized carbons (Fsp3) is 0.0769. The Morgan fingerprint density at radius 1 is 1.18 bits per heavy atom. The minimum Gasteiger partial charge on any atom is -0.368 e. The molecule has 17 heavy (non-hydrogen) atoms. The number of hydrogen-bond acceptors (Lipinski definition) is 2. The van der Waals surface area contributed by atoms with E-state index in [1.807, 2.05) is 41.0 Å². The Kier molecular flexibility index (Phi) is 2.08. The van der Waals surface area contributed by atoms with E-state index in [-0.39, 0.29) is 12.5 Å². The van der Waals surface area contributed by atoms with E-state index in [9.17, 15) is 4.79 Å². The molecular weight excluding hydrogens is 214 g/mol. The Balaban J connectivity index is 2.45. The van der Waals surface area contributed by atoms with Gasteiger partial charge in [-0.05, 0) is 18.2 Å². The minimum absolute atomic E-state index is 0.154. The van der Waals surface area contributed by atoms with Crippen molar-refractivity contribution in [2.24, 2.45) is 5.73 Å². The molecule has 4 heteroatoms. The molecule has 0 atom stereocenters. The number of pyridine rings is 1. The van der Waals surface area contributed by atoms with E-state index in [4.69, 9.17) is 5.73 Å². The number of primary amides is 1. The van der Waals surface area contributed by atoms with Crippen molar-refractivity contribution in [3.05, 3.63) is 42.6 Å². The van der Waals surface area contributed by atoms with Crippen LogP contribution in [0.15, 0.2) is 42.6 Å². The maximum Gasteiger partial charge on any atom is 0.237 e. The summed E-state index contributed by atoms with van der Waals surface area (Å²) in [6.07, 6.45) is 1.72. The lowest BCUT2D eigenvalue weighted by Crippen LogP contribution is -2.18. The Morgan fingerprint density at radius 2 is 1.94 bits per heavy atom. The van der Waals surface area contributed by atoms with Gasteiger partial charge in [0.1, 0.15) is 12.2 Å².